The minimum absolute atomic E-state index is 0.425. The third-order valence-corrected chi connectivity index (χ3v) is 5.63. The first-order valence-corrected chi connectivity index (χ1v) is 11.2. The summed E-state index contributed by atoms with van der Waals surface area (Å²) < 4.78 is 22.4. The summed E-state index contributed by atoms with van der Waals surface area (Å²) in [5.74, 6) is 2.54. The highest BCUT2D eigenvalue weighted by Gasteiger charge is 2.14. The van der Waals surface area contributed by atoms with E-state index in [0.29, 0.717) is 35.3 Å². The Morgan fingerprint density at radius 2 is 1.67 bits per heavy atom. The Hall–Kier alpha value is -3.48. The van der Waals surface area contributed by atoms with E-state index in [1.165, 1.54) is 0 Å². The first-order chi connectivity index (χ1) is 16.0. The van der Waals surface area contributed by atoms with Crippen LogP contribution in [0.4, 0.5) is 10.5 Å². The summed E-state index contributed by atoms with van der Waals surface area (Å²) in [6.45, 7) is 6.47. The van der Waals surface area contributed by atoms with Crippen molar-refractivity contribution in [1.29, 1.82) is 0 Å². The van der Waals surface area contributed by atoms with Gasteiger partial charge in [0.15, 0.2) is 11.5 Å². The SMILES string of the molecule is CCCCCCOC(=O)Nc1ccc(Oc2ccnc3cc(OC)c(OC)cc23)c(C)c1C. The zero-order valence-electron chi connectivity index (χ0n) is 20.0. The number of anilines is 1. The Morgan fingerprint density at radius 1 is 0.909 bits per heavy atom. The molecule has 33 heavy (non-hydrogen) atoms. The number of amides is 1. The molecule has 3 aromatic rings. The van der Waals surface area contributed by atoms with Gasteiger partial charge in [0.2, 0.25) is 0 Å². The summed E-state index contributed by atoms with van der Waals surface area (Å²) >= 11 is 0. The molecule has 1 N–H and O–H groups in total. The average Bonchev–Trinajstić information content (AvgIpc) is 2.82. The molecule has 0 aliphatic rings. The minimum Gasteiger partial charge on any atom is -0.493 e. The molecule has 0 aliphatic heterocycles. The van der Waals surface area contributed by atoms with Gasteiger partial charge in [-0.15, -0.1) is 0 Å². The van der Waals surface area contributed by atoms with E-state index in [1.54, 1.807) is 20.4 Å². The van der Waals surface area contributed by atoms with Crippen molar-refractivity contribution in [2.75, 3.05) is 26.1 Å². The number of carbonyl (C=O) groups excluding carboxylic acids is 1. The lowest BCUT2D eigenvalue weighted by Gasteiger charge is -2.16. The minimum atomic E-state index is -0.441. The Morgan fingerprint density at radius 3 is 2.39 bits per heavy atom. The van der Waals surface area contributed by atoms with E-state index >= 15 is 0 Å². The number of pyridine rings is 1. The molecule has 0 atom stereocenters. The predicted molar refractivity (Wildman–Crippen MR) is 130 cm³/mol. The van der Waals surface area contributed by atoms with Gasteiger partial charge in [-0.2, -0.15) is 0 Å². The second kappa shape index (κ2) is 11.4. The van der Waals surface area contributed by atoms with E-state index in [1.807, 2.05) is 44.2 Å². The van der Waals surface area contributed by atoms with Crippen molar-refractivity contribution >= 4 is 22.7 Å². The fourth-order valence-electron chi connectivity index (χ4n) is 3.54. The third kappa shape index (κ3) is 5.86. The maximum absolute atomic E-state index is 12.2. The molecule has 0 aliphatic carbocycles. The number of ether oxygens (including phenoxy) is 4. The normalized spacial score (nSPS) is 10.7. The molecule has 1 aromatic heterocycles. The summed E-state index contributed by atoms with van der Waals surface area (Å²) in [4.78, 5) is 16.6. The lowest BCUT2D eigenvalue weighted by atomic mass is 10.1. The molecular weight excluding hydrogens is 420 g/mol. The number of rotatable bonds is 10. The van der Waals surface area contributed by atoms with Crippen molar-refractivity contribution in [3.05, 3.63) is 47.7 Å². The molecule has 0 saturated heterocycles. The average molecular weight is 453 g/mol. The van der Waals surface area contributed by atoms with Crippen molar-refractivity contribution in [3.63, 3.8) is 0 Å². The smallest absolute Gasteiger partial charge is 0.411 e. The number of methoxy groups -OCH3 is 2. The molecule has 1 amide bonds. The van der Waals surface area contributed by atoms with E-state index in [0.717, 1.165) is 47.7 Å². The van der Waals surface area contributed by atoms with E-state index in [-0.39, 0.29) is 0 Å². The number of benzene rings is 2. The lowest BCUT2D eigenvalue weighted by molar-refractivity contribution is 0.159. The topological polar surface area (TPSA) is 78.9 Å². The van der Waals surface area contributed by atoms with Crippen LogP contribution in [0.5, 0.6) is 23.0 Å². The number of carbonyl (C=O) groups is 1. The van der Waals surface area contributed by atoms with Gasteiger partial charge in [0.25, 0.3) is 0 Å². The van der Waals surface area contributed by atoms with Gasteiger partial charge in [0.05, 0.1) is 26.3 Å². The molecule has 0 fully saturated rings. The van der Waals surface area contributed by atoms with Crippen molar-refractivity contribution in [1.82, 2.24) is 4.98 Å². The number of nitrogens with one attached hydrogen (secondary N) is 1. The monoisotopic (exact) mass is 452 g/mol. The predicted octanol–water partition coefficient (Wildman–Crippen LogP) is 6.79. The number of hydrogen-bond acceptors (Lipinski definition) is 6. The van der Waals surface area contributed by atoms with Crippen LogP contribution in [0.1, 0.15) is 43.7 Å². The van der Waals surface area contributed by atoms with E-state index in [9.17, 15) is 4.79 Å². The standard InChI is InChI=1S/C26H32N2O5/c1-6-7-8-9-14-32-26(29)28-20-10-11-22(18(3)17(20)2)33-23-12-13-27-21-16-25(31-5)24(30-4)15-19(21)23/h10-13,15-16H,6-9,14H2,1-5H3,(H,28,29). The summed E-state index contributed by atoms with van der Waals surface area (Å²) in [5, 5.41) is 3.64. The fraction of sp³-hybridized carbons (Fsp3) is 0.385. The van der Waals surface area contributed by atoms with Gasteiger partial charge >= 0.3 is 6.09 Å². The molecule has 7 nitrogen and oxygen atoms in total. The zero-order valence-corrected chi connectivity index (χ0v) is 20.0. The number of hydrogen-bond donors (Lipinski definition) is 1. The summed E-state index contributed by atoms with van der Waals surface area (Å²) in [6.07, 6.45) is 5.49. The van der Waals surface area contributed by atoms with Gasteiger partial charge in [-0.1, -0.05) is 26.2 Å². The molecule has 0 saturated carbocycles. The van der Waals surface area contributed by atoms with Gasteiger partial charge in [-0.05, 0) is 55.7 Å². The quantitative estimate of drug-likeness (QED) is 0.341. The van der Waals surface area contributed by atoms with Gasteiger partial charge in [-0.3, -0.25) is 10.3 Å². The van der Waals surface area contributed by atoms with Crippen LogP contribution in [0, 0.1) is 13.8 Å². The summed E-state index contributed by atoms with van der Waals surface area (Å²) in [5.41, 5.74) is 3.26. The second-order valence-corrected chi connectivity index (χ2v) is 7.82. The van der Waals surface area contributed by atoms with Crippen molar-refractivity contribution in [2.24, 2.45) is 0 Å². The highest BCUT2D eigenvalue weighted by molar-refractivity contribution is 5.89. The molecule has 3 rings (SSSR count). The third-order valence-electron chi connectivity index (χ3n) is 5.63. The molecular formula is C26H32N2O5. The molecule has 0 radical (unpaired) electrons. The van der Waals surface area contributed by atoms with Crippen LogP contribution in [0.25, 0.3) is 10.9 Å². The number of unbranched alkanes of at least 4 members (excludes halogenated alkanes) is 3. The first kappa shape index (κ1) is 24.2. The first-order valence-electron chi connectivity index (χ1n) is 11.2. The molecule has 1 heterocycles. The van der Waals surface area contributed by atoms with Gasteiger partial charge in [0.1, 0.15) is 11.5 Å². The largest absolute Gasteiger partial charge is 0.493 e. The molecule has 7 heteroatoms. The number of fused-ring (bicyclic) bond motifs is 1. The highest BCUT2D eigenvalue weighted by atomic mass is 16.5. The number of aromatic nitrogens is 1. The van der Waals surface area contributed by atoms with E-state index in [4.69, 9.17) is 18.9 Å². The van der Waals surface area contributed by atoms with Crippen LogP contribution in [-0.4, -0.2) is 31.9 Å². The summed E-state index contributed by atoms with van der Waals surface area (Å²) in [6, 6.07) is 9.14. The van der Waals surface area contributed by atoms with Crippen molar-refractivity contribution < 1.29 is 23.7 Å². The van der Waals surface area contributed by atoms with Crippen molar-refractivity contribution in [2.45, 2.75) is 46.5 Å². The van der Waals surface area contributed by atoms with E-state index in [2.05, 4.69) is 17.2 Å². The van der Waals surface area contributed by atoms with E-state index < -0.39 is 6.09 Å². The lowest BCUT2D eigenvalue weighted by Crippen LogP contribution is -2.15. The van der Waals surface area contributed by atoms with Crippen LogP contribution in [0.3, 0.4) is 0 Å². The maximum Gasteiger partial charge on any atom is 0.411 e. The van der Waals surface area contributed by atoms with Crippen LogP contribution in [-0.2, 0) is 4.74 Å². The second-order valence-electron chi connectivity index (χ2n) is 7.82. The highest BCUT2D eigenvalue weighted by Crippen LogP contribution is 2.38. The maximum atomic E-state index is 12.2. The fourth-order valence-corrected chi connectivity index (χ4v) is 3.54. The Labute approximate surface area is 195 Å². The Bertz CT molecular complexity index is 1110. The van der Waals surface area contributed by atoms with Gasteiger partial charge < -0.3 is 18.9 Å². The van der Waals surface area contributed by atoms with Crippen LogP contribution in [0.15, 0.2) is 36.5 Å². The van der Waals surface area contributed by atoms with Crippen LogP contribution in [0.2, 0.25) is 0 Å². The Kier molecular flexibility index (Phi) is 8.35. The Balaban J connectivity index is 1.77. The van der Waals surface area contributed by atoms with Crippen LogP contribution < -0.4 is 19.5 Å². The molecule has 0 unspecified atom stereocenters. The molecule has 2 aromatic carbocycles. The number of nitrogens with zero attached hydrogens (tertiary/aromatic N) is 1. The molecule has 0 spiro atoms. The summed E-state index contributed by atoms with van der Waals surface area (Å²) in [7, 11) is 3.18. The van der Waals surface area contributed by atoms with Gasteiger partial charge in [0, 0.05) is 23.3 Å². The van der Waals surface area contributed by atoms with Crippen molar-refractivity contribution in [3.8, 4) is 23.0 Å². The van der Waals surface area contributed by atoms with Gasteiger partial charge in [-0.25, -0.2) is 4.79 Å². The molecule has 176 valence electrons. The van der Waals surface area contributed by atoms with Crippen LogP contribution >= 0.6 is 0 Å². The molecule has 0 bridgehead atoms. The zero-order chi connectivity index (χ0) is 23.8.